The van der Waals surface area contributed by atoms with E-state index in [4.69, 9.17) is 0 Å². The molecule has 1 heterocycles. The van der Waals surface area contributed by atoms with Gasteiger partial charge in [0.1, 0.15) is 12.2 Å². The zero-order chi connectivity index (χ0) is 17.6. The Morgan fingerprint density at radius 3 is 2.88 bits per heavy atom. The third-order valence-corrected chi connectivity index (χ3v) is 4.87. The minimum absolute atomic E-state index is 0.00617. The van der Waals surface area contributed by atoms with E-state index in [2.05, 4.69) is 39.0 Å². The molecule has 0 aliphatic heterocycles. The summed E-state index contributed by atoms with van der Waals surface area (Å²) >= 11 is 0. The molecule has 1 atom stereocenters. The topological polar surface area (TPSA) is 71.8 Å². The van der Waals surface area contributed by atoms with Crippen LogP contribution in [-0.4, -0.2) is 27.3 Å². The van der Waals surface area contributed by atoms with Gasteiger partial charge in [-0.2, -0.15) is 0 Å². The Morgan fingerprint density at radius 2 is 2.08 bits per heavy atom. The molecule has 0 fully saturated rings. The number of hydrogen-bond acceptors (Lipinski definition) is 3. The minimum atomic E-state index is -0.142. The number of aromatic nitrogens is 3. The summed E-state index contributed by atoms with van der Waals surface area (Å²) < 4.78 is 1.97. The number of nitrogens with one attached hydrogen (secondary N) is 2. The highest BCUT2D eigenvalue weighted by atomic mass is 16.2. The molecule has 1 aliphatic carbocycles. The molecule has 2 aromatic rings. The van der Waals surface area contributed by atoms with E-state index in [1.54, 1.807) is 6.33 Å². The minimum Gasteiger partial charge on any atom is -0.336 e. The van der Waals surface area contributed by atoms with Gasteiger partial charge in [-0.15, -0.1) is 10.2 Å². The van der Waals surface area contributed by atoms with E-state index in [-0.39, 0.29) is 12.1 Å². The van der Waals surface area contributed by atoms with Crippen LogP contribution in [0.25, 0.3) is 0 Å². The highest BCUT2D eigenvalue weighted by Gasteiger charge is 2.14. The van der Waals surface area contributed by atoms with E-state index in [1.807, 2.05) is 18.4 Å². The lowest BCUT2D eigenvalue weighted by Gasteiger charge is -2.20. The van der Waals surface area contributed by atoms with E-state index >= 15 is 0 Å². The summed E-state index contributed by atoms with van der Waals surface area (Å²) in [6.45, 7) is 5.30. The van der Waals surface area contributed by atoms with Crippen LogP contribution in [0.15, 0.2) is 24.5 Å². The van der Waals surface area contributed by atoms with Crippen molar-refractivity contribution < 1.29 is 4.79 Å². The molecular weight excluding hydrogens is 314 g/mol. The van der Waals surface area contributed by atoms with Crippen molar-refractivity contribution in [2.75, 3.05) is 6.54 Å². The predicted octanol–water partition coefficient (Wildman–Crippen LogP) is 2.78. The van der Waals surface area contributed by atoms with Gasteiger partial charge in [-0.25, -0.2) is 4.79 Å². The van der Waals surface area contributed by atoms with Crippen molar-refractivity contribution >= 4 is 6.03 Å². The first-order chi connectivity index (χ1) is 12.2. The molecule has 25 heavy (non-hydrogen) atoms. The Labute approximate surface area is 149 Å². The maximum Gasteiger partial charge on any atom is 0.315 e. The summed E-state index contributed by atoms with van der Waals surface area (Å²) in [5, 5.41) is 13.9. The summed E-state index contributed by atoms with van der Waals surface area (Å²) in [7, 11) is 0. The first-order valence-corrected chi connectivity index (χ1v) is 9.20. The molecule has 134 valence electrons. The molecule has 1 aromatic carbocycles. The molecule has 0 saturated heterocycles. The van der Waals surface area contributed by atoms with E-state index < -0.39 is 0 Å². The molecule has 0 unspecified atom stereocenters. The fourth-order valence-electron chi connectivity index (χ4n) is 3.38. The lowest BCUT2D eigenvalue weighted by Crippen LogP contribution is -2.38. The summed E-state index contributed by atoms with van der Waals surface area (Å²) in [5.74, 6) is 0.935. The van der Waals surface area contributed by atoms with Crippen LogP contribution < -0.4 is 10.6 Å². The summed E-state index contributed by atoms with van der Waals surface area (Å²) in [5.41, 5.74) is 4.08. The molecule has 6 heteroatoms. The predicted molar refractivity (Wildman–Crippen MR) is 97.4 cm³/mol. The molecule has 0 spiro atoms. The van der Waals surface area contributed by atoms with Gasteiger partial charge < -0.3 is 15.2 Å². The number of carbonyl (C=O) groups excluding carboxylic acids is 1. The Balaban J connectivity index is 1.49. The molecule has 1 aliphatic rings. The second-order valence-electron chi connectivity index (χ2n) is 6.65. The van der Waals surface area contributed by atoms with Gasteiger partial charge in [-0.05, 0) is 49.3 Å². The number of carbonyl (C=O) groups is 1. The average molecular weight is 341 g/mol. The molecule has 0 bridgehead atoms. The van der Waals surface area contributed by atoms with Gasteiger partial charge in [-0.1, -0.05) is 25.1 Å². The molecular formula is C19H27N5O. The van der Waals surface area contributed by atoms with Crippen LogP contribution in [0.3, 0.4) is 0 Å². The number of nitrogens with zero attached hydrogens (tertiary/aromatic N) is 3. The maximum absolute atomic E-state index is 12.1. The van der Waals surface area contributed by atoms with Crippen molar-refractivity contribution in [3.05, 3.63) is 47.0 Å². The van der Waals surface area contributed by atoms with E-state index in [9.17, 15) is 4.79 Å². The lowest BCUT2D eigenvalue weighted by molar-refractivity contribution is 0.237. The molecule has 2 N–H and O–H groups in total. The van der Waals surface area contributed by atoms with Crippen molar-refractivity contribution in [3.8, 4) is 0 Å². The normalized spacial score (nSPS) is 14.6. The highest BCUT2D eigenvalue weighted by Crippen LogP contribution is 2.24. The number of rotatable bonds is 6. The average Bonchev–Trinajstić information content (AvgIpc) is 3.08. The van der Waals surface area contributed by atoms with Crippen LogP contribution in [-0.2, 0) is 25.8 Å². The zero-order valence-electron chi connectivity index (χ0n) is 15.1. The molecule has 2 amide bonds. The molecule has 0 saturated carbocycles. The third kappa shape index (κ3) is 4.38. The Bertz CT molecular complexity index is 724. The van der Waals surface area contributed by atoms with Crippen molar-refractivity contribution in [1.82, 2.24) is 25.4 Å². The quantitative estimate of drug-likeness (QED) is 0.849. The number of urea groups is 1. The molecule has 1 aromatic heterocycles. The number of benzene rings is 1. The van der Waals surface area contributed by atoms with Gasteiger partial charge in [-0.3, -0.25) is 0 Å². The van der Waals surface area contributed by atoms with Crippen molar-refractivity contribution in [2.24, 2.45) is 0 Å². The monoisotopic (exact) mass is 341 g/mol. The van der Waals surface area contributed by atoms with Crippen LogP contribution >= 0.6 is 0 Å². The van der Waals surface area contributed by atoms with Crippen LogP contribution in [0.2, 0.25) is 0 Å². The van der Waals surface area contributed by atoms with Gasteiger partial charge in [0.2, 0.25) is 0 Å². The number of hydrogen-bond donors (Lipinski definition) is 2. The van der Waals surface area contributed by atoms with Crippen LogP contribution in [0.4, 0.5) is 4.79 Å². The third-order valence-electron chi connectivity index (χ3n) is 4.87. The summed E-state index contributed by atoms with van der Waals surface area (Å²) in [4.78, 5) is 12.1. The first-order valence-electron chi connectivity index (χ1n) is 9.20. The molecule has 0 radical (unpaired) electrons. The maximum atomic E-state index is 12.1. The number of fused-ring (bicyclic) bond motifs is 1. The Morgan fingerprint density at radius 1 is 1.28 bits per heavy atom. The van der Waals surface area contributed by atoms with E-state index in [0.29, 0.717) is 13.1 Å². The van der Waals surface area contributed by atoms with Crippen molar-refractivity contribution in [2.45, 2.75) is 58.5 Å². The Hall–Kier alpha value is -2.37. The van der Waals surface area contributed by atoms with Crippen LogP contribution in [0.1, 0.15) is 55.2 Å². The fraction of sp³-hybridized carbons (Fsp3) is 0.526. The smallest absolute Gasteiger partial charge is 0.315 e. The summed E-state index contributed by atoms with van der Waals surface area (Å²) in [6, 6.07) is 6.46. The first kappa shape index (κ1) is 17.5. The summed E-state index contributed by atoms with van der Waals surface area (Å²) in [6.07, 6.45) is 7.42. The van der Waals surface area contributed by atoms with Gasteiger partial charge in [0, 0.05) is 19.5 Å². The van der Waals surface area contributed by atoms with E-state index in [1.165, 1.54) is 36.0 Å². The second-order valence-corrected chi connectivity index (χ2v) is 6.65. The highest BCUT2D eigenvalue weighted by molar-refractivity contribution is 5.74. The number of aryl methyl sites for hydroxylation is 3. The van der Waals surface area contributed by atoms with E-state index in [0.717, 1.165) is 18.7 Å². The van der Waals surface area contributed by atoms with Crippen LogP contribution in [0.5, 0.6) is 0 Å². The van der Waals surface area contributed by atoms with Gasteiger partial charge >= 0.3 is 6.03 Å². The fourth-order valence-corrected chi connectivity index (χ4v) is 3.38. The molecule has 6 nitrogen and oxygen atoms in total. The Kier molecular flexibility index (Phi) is 5.68. The SMILES string of the molecule is CCc1nncn1CCNC(=O)N[C@H](C)c1ccc2c(c1)CCCC2. The van der Waals surface area contributed by atoms with Crippen molar-refractivity contribution in [1.29, 1.82) is 0 Å². The standard InChI is InChI=1S/C19H27N5O/c1-3-18-23-21-13-24(18)11-10-20-19(25)22-14(2)16-9-8-15-6-4-5-7-17(15)12-16/h8-9,12-14H,3-7,10-11H2,1-2H3,(H2,20,22,25)/t14-/m1/s1. The van der Waals surface area contributed by atoms with Gasteiger partial charge in [0.25, 0.3) is 0 Å². The second kappa shape index (κ2) is 8.14. The molecule has 3 rings (SSSR count). The zero-order valence-corrected chi connectivity index (χ0v) is 15.1. The van der Waals surface area contributed by atoms with Gasteiger partial charge in [0.05, 0.1) is 6.04 Å². The van der Waals surface area contributed by atoms with Crippen LogP contribution in [0, 0.1) is 0 Å². The largest absolute Gasteiger partial charge is 0.336 e. The van der Waals surface area contributed by atoms with Gasteiger partial charge in [0.15, 0.2) is 0 Å². The van der Waals surface area contributed by atoms with Crippen molar-refractivity contribution in [3.63, 3.8) is 0 Å². The number of amides is 2. The lowest BCUT2D eigenvalue weighted by atomic mass is 9.89.